The van der Waals surface area contributed by atoms with Crippen molar-refractivity contribution in [3.05, 3.63) is 0 Å². The molecule has 0 aromatic rings. The highest BCUT2D eigenvalue weighted by Crippen LogP contribution is 2.25. The van der Waals surface area contributed by atoms with Gasteiger partial charge in [0.25, 0.3) is 0 Å². The summed E-state index contributed by atoms with van der Waals surface area (Å²) in [5.74, 6) is 3.76. The van der Waals surface area contributed by atoms with Gasteiger partial charge in [-0.05, 0) is 37.2 Å². The Bertz CT molecular complexity index is 204. The van der Waals surface area contributed by atoms with Crippen molar-refractivity contribution in [2.24, 2.45) is 5.92 Å². The lowest BCUT2D eigenvalue weighted by Gasteiger charge is -2.40. The van der Waals surface area contributed by atoms with Crippen LogP contribution in [0, 0.1) is 5.92 Å². The molecule has 2 rings (SSSR count). The van der Waals surface area contributed by atoms with Crippen LogP contribution in [0.1, 0.15) is 33.1 Å². The van der Waals surface area contributed by atoms with Crippen LogP contribution in [0.15, 0.2) is 0 Å². The Kier molecular flexibility index (Phi) is 4.98. The Labute approximate surface area is 105 Å². The highest BCUT2D eigenvalue weighted by atomic mass is 32.2. The topological polar surface area (TPSA) is 15.3 Å². The van der Waals surface area contributed by atoms with Crippen LogP contribution in [0.2, 0.25) is 0 Å². The molecule has 1 N–H and O–H groups in total. The molecular formula is C13H26N2S. The molecule has 2 heterocycles. The average Bonchev–Trinajstić information content (AvgIpc) is 2.76. The van der Waals surface area contributed by atoms with Crippen LogP contribution >= 0.6 is 11.8 Å². The summed E-state index contributed by atoms with van der Waals surface area (Å²) in [7, 11) is 0. The van der Waals surface area contributed by atoms with E-state index >= 15 is 0 Å². The van der Waals surface area contributed by atoms with Crippen LogP contribution in [0.25, 0.3) is 0 Å². The lowest BCUT2D eigenvalue weighted by Crippen LogP contribution is -2.56. The summed E-state index contributed by atoms with van der Waals surface area (Å²) < 4.78 is 0. The second kappa shape index (κ2) is 6.27. The SMILES string of the molecule is CCCC1CN(CC2CCSC2)C(C)CN1. The number of hydrogen-bond acceptors (Lipinski definition) is 3. The first-order chi connectivity index (χ1) is 7.79. The summed E-state index contributed by atoms with van der Waals surface area (Å²) in [6.45, 7) is 8.46. The van der Waals surface area contributed by atoms with E-state index in [2.05, 4.69) is 35.8 Å². The molecule has 0 aromatic carbocycles. The standard InChI is InChI=1S/C13H26N2S/c1-3-4-13-9-15(11(2)7-14-13)8-12-5-6-16-10-12/h11-14H,3-10H2,1-2H3. The minimum atomic E-state index is 0.735. The summed E-state index contributed by atoms with van der Waals surface area (Å²) in [6, 6.07) is 1.48. The predicted octanol–water partition coefficient (Wildman–Crippen LogP) is 2.20. The number of thioether (sulfide) groups is 1. The minimum absolute atomic E-state index is 0.735. The molecule has 2 saturated heterocycles. The van der Waals surface area contributed by atoms with Gasteiger partial charge in [0.05, 0.1) is 0 Å². The van der Waals surface area contributed by atoms with E-state index in [0.717, 1.165) is 18.0 Å². The number of piperazine rings is 1. The quantitative estimate of drug-likeness (QED) is 0.814. The van der Waals surface area contributed by atoms with Gasteiger partial charge < -0.3 is 5.32 Å². The van der Waals surface area contributed by atoms with Crippen molar-refractivity contribution >= 4 is 11.8 Å². The summed E-state index contributed by atoms with van der Waals surface area (Å²) in [5, 5.41) is 3.68. The minimum Gasteiger partial charge on any atom is -0.311 e. The van der Waals surface area contributed by atoms with Gasteiger partial charge in [0.2, 0.25) is 0 Å². The molecule has 3 heteroatoms. The molecule has 94 valence electrons. The summed E-state index contributed by atoms with van der Waals surface area (Å²) in [6.07, 6.45) is 4.08. The third-order valence-electron chi connectivity index (χ3n) is 3.93. The molecule has 0 saturated carbocycles. The van der Waals surface area contributed by atoms with Crippen molar-refractivity contribution in [2.75, 3.05) is 31.1 Å². The number of rotatable bonds is 4. The third-order valence-corrected chi connectivity index (χ3v) is 5.17. The van der Waals surface area contributed by atoms with Gasteiger partial charge in [-0.3, -0.25) is 4.90 Å². The Balaban J connectivity index is 1.80. The normalized spacial score (nSPS) is 36.8. The molecule has 0 amide bonds. The maximum absolute atomic E-state index is 3.68. The summed E-state index contributed by atoms with van der Waals surface area (Å²) >= 11 is 2.14. The van der Waals surface area contributed by atoms with Crippen molar-refractivity contribution in [3.63, 3.8) is 0 Å². The van der Waals surface area contributed by atoms with E-state index in [4.69, 9.17) is 0 Å². The second-order valence-corrected chi connectivity index (χ2v) is 6.58. The van der Waals surface area contributed by atoms with Gasteiger partial charge in [0, 0.05) is 31.7 Å². The average molecular weight is 242 g/mol. The molecule has 3 unspecified atom stereocenters. The summed E-state index contributed by atoms with van der Waals surface area (Å²) in [4.78, 5) is 2.73. The van der Waals surface area contributed by atoms with Crippen LogP contribution in [0.5, 0.6) is 0 Å². The van der Waals surface area contributed by atoms with Crippen molar-refractivity contribution < 1.29 is 0 Å². The molecule has 3 atom stereocenters. The fourth-order valence-electron chi connectivity index (χ4n) is 2.85. The number of nitrogens with zero attached hydrogens (tertiary/aromatic N) is 1. The number of hydrogen-bond donors (Lipinski definition) is 1. The molecule has 16 heavy (non-hydrogen) atoms. The van der Waals surface area contributed by atoms with Crippen molar-refractivity contribution in [3.8, 4) is 0 Å². The largest absolute Gasteiger partial charge is 0.311 e. The van der Waals surface area contributed by atoms with Crippen molar-refractivity contribution in [1.29, 1.82) is 0 Å². The molecule has 0 aliphatic carbocycles. The lowest BCUT2D eigenvalue weighted by atomic mass is 10.0. The van der Waals surface area contributed by atoms with Gasteiger partial charge in [-0.25, -0.2) is 0 Å². The van der Waals surface area contributed by atoms with Crippen LogP contribution in [0.3, 0.4) is 0 Å². The van der Waals surface area contributed by atoms with Crippen LogP contribution in [-0.2, 0) is 0 Å². The van der Waals surface area contributed by atoms with E-state index in [1.54, 1.807) is 0 Å². The molecule has 0 bridgehead atoms. The fourth-order valence-corrected chi connectivity index (χ4v) is 4.12. The fraction of sp³-hybridized carbons (Fsp3) is 1.00. The van der Waals surface area contributed by atoms with E-state index < -0.39 is 0 Å². The van der Waals surface area contributed by atoms with Crippen LogP contribution in [-0.4, -0.2) is 48.1 Å². The predicted molar refractivity (Wildman–Crippen MR) is 73.2 cm³/mol. The molecule has 0 spiro atoms. The zero-order valence-electron chi connectivity index (χ0n) is 10.7. The van der Waals surface area contributed by atoms with Gasteiger partial charge in [0.15, 0.2) is 0 Å². The number of nitrogens with one attached hydrogen (secondary N) is 1. The molecule has 2 nitrogen and oxygen atoms in total. The van der Waals surface area contributed by atoms with E-state index in [1.807, 2.05) is 0 Å². The Morgan fingerprint density at radius 2 is 2.31 bits per heavy atom. The Hall–Kier alpha value is 0.270. The van der Waals surface area contributed by atoms with Gasteiger partial charge in [0.1, 0.15) is 0 Å². The maximum Gasteiger partial charge on any atom is 0.0195 e. The monoisotopic (exact) mass is 242 g/mol. The van der Waals surface area contributed by atoms with Gasteiger partial charge in [-0.1, -0.05) is 13.3 Å². The third kappa shape index (κ3) is 3.38. The molecule has 2 aliphatic heterocycles. The molecule has 0 aromatic heterocycles. The van der Waals surface area contributed by atoms with E-state index in [1.165, 1.54) is 50.4 Å². The first kappa shape index (κ1) is 12.7. The Morgan fingerprint density at radius 3 is 3.00 bits per heavy atom. The lowest BCUT2D eigenvalue weighted by molar-refractivity contribution is 0.121. The van der Waals surface area contributed by atoms with Crippen LogP contribution < -0.4 is 5.32 Å². The van der Waals surface area contributed by atoms with E-state index in [9.17, 15) is 0 Å². The molecule has 2 fully saturated rings. The zero-order chi connectivity index (χ0) is 11.4. The van der Waals surface area contributed by atoms with Gasteiger partial charge >= 0.3 is 0 Å². The van der Waals surface area contributed by atoms with Crippen molar-refractivity contribution in [1.82, 2.24) is 10.2 Å². The first-order valence-corrected chi connectivity index (χ1v) is 8.00. The van der Waals surface area contributed by atoms with E-state index in [-0.39, 0.29) is 0 Å². The first-order valence-electron chi connectivity index (χ1n) is 6.84. The summed E-state index contributed by atoms with van der Waals surface area (Å²) in [5.41, 5.74) is 0. The Morgan fingerprint density at radius 1 is 1.44 bits per heavy atom. The molecule has 2 aliphatic rings. The van der Waals surface area contributed by atoms with Crippen molar-refractivity contribution in [2.45, 2.75) is 45.2 Å². The zero-order valence-corrected chi connectivity index (χ0v) is 11.6. The smallest absolute Gasteiger partial charge is 0.0195 e. The van der Waals surface area contributed by atoms with Gasteiger partial charge in [-0.2, -0.15) is 11.8 Å². The highest BCUT2D eigenvalue weighted by molar-refractivity contribution is 7.99. The van der Waals surface area contributed by atoms with Gasteiger partial charge in [-0.15, -0.1) is 0 Å². The van der Waals surface area contributed by atoms with E-state index in [0.29, 0.717) is 0 Å². The second-order valence-electron chi connectivity index (χ2n) is 5.43. The highest BCUT2D eigenvalue weighted by Gasteiger charge is 2.27. The molecular weight excluding hydrogens is 216 g/mol. The van der Waals surface area contributed by atoms with Crippen LogP contribution in [0.4, 0.5) is 0 Å². The molecule has 0 radical (unpaired) electrons. The maximum atomic E-state index is 3.68.